The molecule has 0 aliphatic carbocycles. The fourth-order valence-corrected chi connectivity index (χ4v) is 3.74. The Labute approximate surface area is 180 Å². The average Bonchev–Trinajstić information content (AvgIpc) is 3.17. The van der Waals surface area contributed by atoms with Crippen LogP contribution in [0, 0.1) is 6.92 Å². The van der Waals surface area contributed by atoms with Gasteiger partial charge in [-0.2, -0.15) is 10.1 Å². The Kier molecular flexibility index (Phi) is 5.22. The fraction of sp³-hybridized carbons (Fsp3) is 0.227. The highest BCUT2D eigenvalue weighted by atomic mass is 35.5. The van der Waals surface area contributed by atoms with E-state index in [2.05, 4.69) is 20.7 Å². The minimum Gasteiger partial charge on any atom is -0.378 e. The van der Waals surface area contributed by atoms with Crippen LogP contribution < -0.4 is 15.5 Å². The first-order chi connectivity index (χ1) is 14.3. The van der Waals surface area contributed by atoms with E-state index in [1.807, 2.05) is 63.2 Å². The number of hydrogen-bond donors (Lipinski definition) is 2. The third-order valence-corrected chi connectivity index (χ3v) is 5.45. The first kappa shape index (κ1) is 20.0. The second kappa shape index (κ2) is 7.84. The topological polar surface area (TPSA) is 75.1 Å². The van der Waals surface area contributed by atoms with Gasteiger partial charge < -0.3 is 15.5 Å². The van der Waals surface area contributed by atoms with Gasteiger partial charge in [0.05, 0.1) is 5.57 Å². The summed E-state index contributed by atoms with van der Waals surface area (Å²) in [5.74, 6) is 0.387. The van der Waals surface area contributed by atoms with Crippen molar-refractivity contribution in [2.75, 3.05) is 29.6 Å². The molecule has 7 nitrogen and oxygen atoms in total. The number of benzene rings is 2. The molecule has 2 aromatic carbocycles. The molecule has 30 heavy (non-hydrogen) atoms. The Hall–Kier alpha value is -3.32. The maximum Gasteiger partial charge on any atom is 0.255 e. The minimum absolute atomic E-state index is 0.215. The lowest BCUT2D eigenvalue weighted by atomic mass is 9.94. The molecule has 4 rings (SSSR count). The smallest absolute Gasteiger partial charge is 0.255 e. The molecule has 0 fully saturated rings. The zero-order valence-electron chi connectivity index (χ0n) is 17.3. The number of fused-ring (bicyclic) bond motifs is 1. The molecular weight excluding hydrogens is 400 g/mol. The predicted octanol–water partition coefficient (Wildman–Crippen LogP) is 4.23. The Bertz CT molecular complexity index is 1130. The van der Waals surface area contributed by atoms with Crippen molar-refractivity contribution in [3.8, 4) is 0 Å². The number of nitrogens with zero attached hydrogens (tertiary/aromatic N) is 4. The highest BCUT2D eigenvalue weighted by Gasteiger charge is 2.33. The number of hydrogen-bond acceptors (Lipinski definition) is 5. The van der Waals surface area contributed by atoms with Gasteiger partial charge in [0.25, 0.3) is 5.91 Å². The maximum atomic E-state index is 13.4. The Morgan fingerprint density at radius 1 is 1.17 bits per heavy atom. The van der Waals surface area contributed by atoms with Crippen molar-refractivity contribution in [2.24, 2.45) is 0 Å². The summed E-state index contributed by atoms with van der Waals surface area (Å²) in [5.41, 5.74) is 4.94. The number of rotatable bonds is 4. The second-order valence-electron chi connectivity index (χ2n) is 7.49. The molecule has 0 spiro atoms. The maximum absolute atomic E-state index is 13.4. The summed E-state index contributed by atoms with van der Waals surface area (Å²) in [5, 5.41) is 11.1. The van der Waals surface area contributed by atoms with Gasteiger partial charge in [-0.3, -0.25) is 4.79 Å². The molecule has 2 heterocycles. The quantitative estimate of drug-likeness (QED) is 0.658. The number of carbonyl (C=O) groups excluding carboxylic acids is 1. The lowest BCUT2D eigenvalue weighted by Crippen LogP contribution is -2.31. The number of amides is 1. The number of aryl methyl sites for hydroxylation is 1. The van der Waals surface area contributed by atoms with E-state index in [-0.39, 0.29) is 5.91 Å². The van der Waals surface area contributed by atoms with Crippen LogP contribution in [0.3, 0.4) is 0 Å². The van der Waals surface area contributed by atoms with Crippen LogP contribution in [0.1, 0.15) is 24.1 Å². The third kappa shape index (κ3) is 3.64. The van der Waals surface area contributed by atoms with E-state index < -0.39 is 6.04 Å². The van der Waals surface area contributed by atoms with Crippen molar-refractivity contribution in [3.05, 3.63) is 76.2 Å². The van der Waals surface area contributed by atoms with Crippen LogP contribution in [0.4, 0.5) is 17.3 Å². The molecule has 3 aromatic rings. The van der Waals surface area contributed by atoms with Crippen molar-refractivity contribution in [3.63, 3.8) is 0 Å². The number of halogens is 1. The van der Waals surface area contributed by atoms with Gasteiger partial charge in [-0.05, 0) is 49.2 Å². The van der Waals surface area contributed by atoms with Crippen molar-refractivity contribution < 1.29 is 4.79 Å². The molecule has 0 bridgehead atoms. The molecule has 0 unspecified atom stereocenters. The van der Waals surface area contributed by atoms with Gasteiger partial charge in [0.15, 0.2) is 0 Å². The van der Waals surface area contributed by atoms with E-state index in [0.29, 0.717) is 22.2 Å². The van der Waals surface area contributed by atoms with Crippen LogP contribution in [0.25, 0.3) is 0 Å². The van der Waals surface area contributed by atoms with Gasteiger partial charge >= 0.3 is 0 Å². The molecule has 0 saturated carbocycles. The molecule has 0 saturated heterocycles. The Balaban J connectivity index is 1.75. The van der Waals surface area contributed by atoms with Crippen molar-refractivity contribution >= 4 is 34.8 Å². The first-order valence-electron chi connectivity index (χ1n) is 9.57. The molecule has 1 atom stereocenters. The van der Waals surface area contributed by atoms with Crippen LogP contribution in [0.15, 0.2) is 60.1 Å². The van der Waals surface area contributed by atoms with Gasteiger partial charge in [0.1, 0.15) is 12.4 Å². The zero-order valence-corrected chi connectivity index (χ0v) is 18.0. The summed E-state index contributed by atoms with van der Waals surface area (Å²) in [6.45, 7) is 3.80. The van der Waals surface area contributed by atoms with E-state index in [4.69, 9.17) is 11.6 Å². The van der Waals surface area contributed by atoms with E-state index in [0.717, 1.165) is 22.5 Å². The highest BCUT2D eigenvalue weighted by Crippen LogP contribution is 2.36. The second-order valence-corrected chi connectivity index (χ2v) is 7.93. The molecular formula is C22H23ClN6O. The average molecular weight is 423 g/mol. The van der Waals surface area contributed by atoms with E-state index in [1.54, 1.807) is 16.8 Å². The van der Waals surface area contributed by atoms with Crippen molar-refractivity contribution in [1.82, 2.24) is 14.8 Å². The predicted molar refractivity (Wildman–Crippen MR) is 120 cm³/mol. The van der Waals surface area contributed by atoms with Crippen LogP contribution in [-0.4, -0.2) is 34.8 Å². The molecule has 8 heteroatoms. The summed E-state index contributed by atoms with van der Waals surface area (Å²) < 4.78 is 1.73. The first-order valence-corrected chi connectivity index (χ1v) is 9.95. The summed E-state index contributed by atoms with van der Waals surface area (Å²) in [4.78, 5) is 19.7. The van der Waals surface area contributed by atoms with Gasteiger partial charge in [-0.1, -0.05) is 29.8 Å². The molecule has 154 valence electrons. The van der Waals surface area contributed by atoms with Crippen LogP contribution in [-0.2, 0) is 4.79 Å². The molecule has 0 radical (unpaired) electrons. The molecule has 1 aromatic heterocycles. The van der Waals surface area contributed by atoms with E-state index >= 15 is 0 Å². The number of carbonyl (C=O) groups is 1. The number of anilines is 3. The van der Waals surface area contributed by atoms with Gasteiger partial charge in [-0.15, -0.1) is 0 Å². The Morgan fingerprint density at radius 3 is 2.60 bits per heavy atom. The van der Waals surface area contributed by atoms with Crippen LogP contribution in [0.5, 0.6) is 0 Å². The van der Waals surface area contributed by atoms with Crippen LogP contribution in [0.2, 0.25) is 5.02 Å². The van der Waals surface area contributed by atoms with Crippen molar-refractivity contribution in [1.29, 1.82) is 0 Å². The third-order valence-electron chi connectivity index (χ3n) is 5.21. The van der Waals surface area contributed by atoms with E-state index in [1.165, 1.54) is 6.33 Å². The van der Waals surface area contributed by atoms with Gasteiger partial charge in [-0.25, -0.2) is 4.68 Å². The summed E-state index contributed by atoms with van der Waals surface area (Å²) in [7, 11) is 3.98. The largest absolute Gasteiger partial charge is 0.378 e. The summed E-state index contributed by atoms with van der Waals surface area (Å²) >= 11 is 6.13. The molecule has 1 amide bonds. The van der Waals surface area contributed by atoms with Crippen molar-refractivity contribution in [2.45, 2.75) is 19.9 Å². The highest BCUT2D eigenvalue weighted by molar-refractivity contribution is 6.31. The minimum atomic E-state index is -0.403. The van der Waals surface area contributed by atoms with Gasteiger partial charge in [0, 0.05) is 36.2 Å². The monoisotopic (exact) mass is 422 g/mol. The van der Waals surface area contributed by atoms with E-state index in [9.17, 15) is 4.79 Å². The molecule has 1 aliphatic heterocycles. The standard InChI is InChI=1S/C22H23ClN6O/c1-13-5-8-16(23)11-18(13)27-21(30)19-14(2)26-22-24-12-25-29(22)20(19)15-6-9-17(10-7-15)28(3)4/h5-12,20H,1-4H3,(H,27,30)(H,24,25,26)/t20-/m0/s1. The number of nitrogens with one attached hydrogen (secondary N) is 2. The lowest BCUT2D eigenvalue weighted by Gasteiger charge is -2.29. The zero-order chi connectivity index (χ0) is 21.4. The van der Waals surface area contributed by atoms with Crippen LogP contribution >= 0.6 is 11.6 Å². The summed E-state index contributed by atoms with van der Waals surface area (Å²) in [6.07, 6.45) is 1.48. The molecule has 2 N–H and O–H groups in total. The Morgan fingerprint density at radius 2 is 1.90 bits per heavy atom. The fourth-order valence-electron chi connectivity index (χ4n) is 3.57. The SMILES string of the molecule is CC1=C(C(=O)Nc2cc(Cl)ccc2C)[C@H](c2ccc(N(C)C)cc2)n2ncnc2N1. The number of aromatic nitrogens is 3. The molecule has 1 aliphatic rings. The normalized spacial score (nSPS) is 15.4. The summed E-state index contributed by atoms with van der Waals surface area (Å²) in [6, 6.07) is 13.1. The lowest BCUT2D eigenvalue weighted by molar-refractivity contribution is -0.113. The number of allylic oxidation sites excluding steroid dienone is 1. The van der Waals surface area contributed by atoms with Gasteiger partial charge in [0.2, 0.25) is 5.95 Å².